The van der Waals surface area contributed by atoms with E-state index in [1.54, 1.807) is 41.8 Å². The molecule has 2 heterocycles. The molecule has 7 nitrogen and oxygen atoms in total. The van der Waals surface area contributed by atoms with E-state index in [9.17, 15) is 9.90 Å². The second-order valence-electron chi connectivity index (χ2n) is 3.87. The van der Waals surface area contributed by atoms with E-state index in [0.29, 0.717) is 5.82 Å². The van der Waals surface area contributed by atoms with E-state index in [2.05, 4.69) is 15.4 Å². The van der Waals surface area contributed by atoms with Crippen molar-refractivity contribution in [2.75, 3.05) is 0 Å². The van der Waals surface area contributed by atoms with E-state index >= 15 is 0 Å². The fraction of sp³-hybridized carbons (Fsp3) is 0.167. The van der Waals surface area contributed by atoms with Gasteiger partial charge in [0.25, 0.3) is 0 Å². The van der Waals surface area contributed by atoms with Gasteiger partial charge in [0.15, 0.2) is 18.2 Å². The Morgan fingerprint density at radius 2 is 2.26 bits per heavy atom. The molecule has 1 aromatic rings. The SMILES string of the molecule is N[C@@H](CC=[N+]1C=CC(c2ncccn2)=CN1)C(=O)[O-]. The molecule has 1 aromatic heterocycles. The van der Waals surface area contributed by atoms with Gasteiger partial charge in [-0.05, 0) is 6.07 Å². The Morgan fingerprint density at radius 3 is 2.84 bits per heavy atom. The topological polar surface area (TPSA) is 107 Å². The van der Waals surface area contributed by atoms with Crippen LogP contribution < -0.4 is 16.3 Å². The van der Waals surface area contributed by atoms with Crippen LogP contribution in [0.5, 0.6) is 0 Å². The summed E-state index contributed by atoms with van der Waals surface area (Å²) in [7, 11) is 0. The van der Waals surface area contributed by atoms with Crippen LogP contribution in [0.2, 0.25) is 0 Å². The van der Waals surface area contributed by atoms with E-state index in [1.165, 1.54) is 0 Å². The van der Waals surface area contributed by atoms with Gasteiger partial charge in [0.1, 0.15) is 0 Å². The number of carboxylic acids is 1. The van der Waals surface area contributed by atoms with Crippen LogP contribution in [0.4, 0.5) is 0 Å². The summed E-state index contributed by atoms with van der Waals surface area (Å²) < 4.78 is 1.61. The summed E-state index contributed by atoms with van der Waals surface area (Å²) in [6.45, 7) is 0. The predicted molar refractivity (Wildman–Crippen MR) is 66.2 cm³/mol. The maximum atomic E-state index is 10.5. The van der Waals surface area contributed by atoms with Gasteiger partial charge in [-0.3, -0.25) is 0 Å². The summed E-state index contributed by atoms with van der Waals surface area (Å²) in [6, 6.07) is 0.726. The maximum absolute atomic E-state index is 10.5. The molecule has 2 rings (SSSR count). The normalized spacial score (nSPS) is 17.7. The highest BCUT2D eigenvalue weighted by Crippen LogP contribution is 2.11. The first-order chi connectivity index (χ1) is 9.16. The summed E-state index contributed by atoms with van der Waals surface area (Å²) in [5.74, 6) is -0.663. The minimum atomic E-state index is -1.27. The Hall–Kier alpha value is -2.54. The summed E-state index contributed by atoms with van der Waals surface area (Å²) >= 11 is 0. The van der Waals surface area contributed by atoms with E-state index < -0.39 is 12.0 Å². The molecule has 1 aliphatic rings. The Bertz CT molecular complexity index is 550. The lowest BCUT2D eigenvalue weighted by atomic mass is 10.2. The number of hydrazine groups is 1. The molecule has 98 valence electrons. The lowest BCUT2D eigenvalue weighted by Crippen LogP contribution is -2.42. The fourth-order valence-corrected chi connectivity index (χ4v) is 1.42. The molecule has 0 saturated heterocycles. The van der Waals surface area contributed by atoms with Crippen LogP contribution in [0.25, 0.3) is 5.57 Å². The molecule has 0 radical (unpaired) electrons. The smallest absolute Gasteiger partial charge is 0.200 e. The zero-order valence-electron chi connectivity index (χ0n) is 10.1. The van der Waals surface area contributed by atoms with Gasteiger partial charge < -0.3 is 15.6 Å². The number of carbonyl (C=O) groups is 1. The third-order valence-electron chi connectivity index (χ3n) is 2.47. The number of aromatic nitrogens is 2. The van der Waals surface area contributed by atoms with Gasteiger partial charge in [0, 0.05) is 30.5 Å². The van der Waals surface area contributed by atoms with Crippen LogP contribution in [0.15, 0.2) is 36.9 Å². The fourth-order valence-electron chi connectivity index (χ4n) is 1.42. The van der Waals surface area contributed by atoms with Crippen molar-refractivity contribution in [2.24, 2.45) is 5.73 Å². The lowest BCUT2D eigenvalue weighted by Gasteiger charge is -2.09. The molecule has 0 bridgehead atoms. The molecule has 1 aliphatic heterocycles. The molecule has 1 atom stereocenters. The number of hydrogen-bond donors (Lipinski definition) is 2. The van der Waals surface area contributed by atoms with Gasteiger partial charge in [0.05, 0.1) is 18.2 Å². The van der Waals surface area contributed by atoms with E-state index in [0.717, 1.165) is 5.57 Å². The average Bonchev–Trinajstić information content (AvgIpc) is 2.46. The van der Waals surface area contributed by atoms with Crippen molar-refractivity contribution in [1.82, 2.24) is 15.4 Å². The van der Waals surface area contributed by atoms with Crippen molar-refractivity contribution in [1.29, 1.82) is 0 Å². The van der Waals surface area contributed by atoms with Gasteiger partial charge in [0.2, 0.25) is 0 Å². The van der Waals surface area contributed by atoms with Gasteiger partial charge in [-0.2, -0.15) is 5.43 Å². The molecule has 0 fully saturated rings. The van der Waals surface area contributed by atoms with E-state index in [1.807, 2.05) is 6.08 Å². The number of nitrogens with zero attached hydrogens (tertiary/aromatic N) is 3. The molecule has 0 saturated carbocycles. The number of rotatable bonds is 4. The highest BCUT2D eigenvalue weighted by atomic mass is 16.4. The Balaban J connectivity index is 1.99. The second kappa shape index (κ2) is 5.87. The molecule has 0 spiro atoms. The molecule has 3 N–H and O–H groups in total. The molecule has 19 heavy (non-hydrogen) atoms. The minimum absolute atomic E-state index is 0.171. The van der Waals surface area contributed by atoms with Gasteiger partial charge >= 0.3 is 0 Å². The first kappa shape index (κ1) is 12.9. The van der Waals surface area contributed by atoms with E-state index in [4.69, 9.17) is 5.73 Å². The first-order valence-corrected chi connectivity index (χ1v) is 5.67. The minimum Gasteiger partial charge on any atom is -0.548 e. The van der Waals surface area contributed by atoms with Crippen LogP contribution in [0.3, 0.4) is 0 Å². The van der Waals surface area contributed by atoms with Gasteiger partial charge in [-0.25, -0.2) is 9.97 Å². The number of allylic oxidation sites excluding steroid dienone is 2. The van der Waals surface area contributed by atoms with Crippen LogP contribution in [-0.4, -0.2) is 32.9 Å². The molecule has 0 unspecified atom stereocenters. The summed E-state index contributed by atoms with van der Waals surface area (Å²) in [6.07, 6.45) is 10.4. The van der Waals surface area contributed by atoms with E-state index in [-0.39, 0.29) is 6.42 Å². The van der Waals surface area contributed by atoms with Crippen molar-refractivity contribution in [2.45, 2.75) is 12.5 Å². The number of hydrazone groups is 1. The predicted octanol–water partition coefficient (Wildman–Crippen LogP) is -1.60. The molecular formula is C12H13N5O2. The van der Waals surface area contributed by atoms with Gasteiger partial charge in [-0.15, -0.1) is 0 Å². The Labute approximate surface area is 109 Å². The number of carbonyl (C=O) groups excluding carboxylic acids is 1. The van der Waals surface area contributed by atoms with Crippen molar-refractivity contribution in [3.63, 3.8) is 0 Å². The highest BCUT2D eigenvalue weighted by Gasteiger charge is 2.11. The average molecular weight is 259 g/mol. The molecular weight excluding hydrogens is 246 g/mol. The third kappa shape index (κ3) is 3.46. The quantitative estimate of drug-likeness (QED) is 0.631. The van der Waals surface area contributed by atoms with Crippen LogP contribution in [0, 0.1) is 0 Å². The van der Waals surface area contributed by atoms with Crippen LogP contribution >= 0.6 is 0 Å². The molecule has 7 heteroatoms. The number of aliphatic carboxylic acids is 1. The van der Waals surface area contributed by atoms with Crippen molar-refractivity contribution in [3.05, 3.63) is 42.8 Å². The Kier molecular flexibility index (Phi) is 3.99. The third-order valence-corrected chi connectivity index (χ3v) is 2.47. The van der Waals surface area contributed by atoms with Gasteiger partial charge in [-0.1, -0.05) is 4.68 Å². The number of carboxylic acid groups (broad SMARTS) is 1. The van der Waals surface area contributed by atoms with Crippen molar-refractivity contribution >= 4 is 17.8 Å². The lowest BCUT2D eigenvalue weighted by molar-refractivity contribution is -0.508. The molecule has 0 amide bonds. The maximum Gasteiger partial charge on any atom is 0.200 e. The number of nitrogens with two attached hydrogens (primary N) is 1. The standard InChI is InChI=1S/C12H13N5O2/c13-10(12(18)19)3-7-17-6-2-9(8-16-17)11-14-4-1-5-15-11/h1-2,4-8,10H,3,13H2,(H-,14,15,16,18,19)/t10-/m0/s1. The molecule has 0 aliphatic carbocycles. The first-order valence-electron chi connectivity index (χ1n) is 5.67. The largest absolute Gasteiger partial charge is 0.548 e. The highest BCUT2D eigenvalue weighted by molar-refractivity contribution is 5.75. The number of nitrogens with one attached hydrogen (secondary N) is 1. The zero-order chi connectivity index (χ0) is 13.7. The van der Waals surface area contributed by atoms with Crippen LogP contribution in [0.1, 0.15) is 12.2 Å². The van der Waals surface area contributed by atoms with Crippen LogP contribution in [-0.2, 0) is 4.79 Å². The summed E-state index contributed by atoms with van der Waals surface area (Å²) in [5.41, 5.74) is 9.11. The second-order valence-corrected chi connectivity index (χ2v) is 3.87. The summed E-state index contributed by atoms with van der Waals surface area (Å²) in [4.78, 5) is 18.7. The summed E-state index contributed by atoms with van der Waals surface area (Å²) in [5, 5.41) is 10.5. The zero-order valence-corrected chi connectivity index (χ0v) is 10.1. The van der Waals surface area contributed by atoms with Crippen molar-refractivity contribution in [3.8, 4) is 0 Å². The Morgan fingerprint density at radius 1 is 1.53 bits per heavy atom. The molecule has 0 aromatic carbocycles. The monoisotopic (exact) mass is 259 g/mol. The van der Waals surface area contributed by atoms with Crippen molar-refractivity contribution < 1.29 is 14.6 Å². The number of hydrogen-bond acceptors (Lipinski definition) is 6.